The maximum Gasteiger partial charge on any atom is 0.243 e. The van der Waals surface area contributed by atoms with E-state index < -0.39 is 0 Å². The number of halogens is 1. The van der Waals surface area contributed by atoms with Crippen molar-refractivity contribution < 1.29 is 0 Å². The molecule has 20 heavy (non-hydrogen) atoms. The van der Waals surface area contributed by atoms with E-state index in [9.17, 15) is 0 Å². The van der Waals surface area contributed by atoms with E-state index in [1.54, 1.807) is 0 Å². The third-order valence-corrected chi connectivity index (χ3v) is 3.29. The van der Waals surface area contributed by atoms with Gasteiger partial charge in [-0.2, -0.15) is 0 Å². The van der Waals surface area contributed by atoms with Crippen molar-refractivity contribution >= 4 is 28.6 Å². The van der Waals surface area contributed by atoms with Crippen molar-refractivity contribution in [1.82, 2.24) is 15.2 Å². The molecule has 4 nitrogen and oxygen atoms in total. The number of anilines is 1. The molecular weight excluding hydrogens is 272 g/mol. The van der Waals surface area contributed by atoms with E-state index in [1.165, 1.54) is 0 Å². The highest BCUT2D eigenvalue weighted by Gasteiger charge is 2.08. The normalized spacial score (nSPS) is 12.3. The number of nitrogens with one attached hydrogen (secondary N) is 1. The Labute approximate surface area is 121 Å². The van der Waals surface area contributed by atoms with Crippen LogP contribution in [-0.2, 0) is 0 Å². The third-order valence-electron chi connectivity index (χ3n) is 3.05. The average Bonchev–Trinajstić information content (AvgIpc) is 2.47. The SMILES string of the molecule is CC(Nc1nnc2ccccc2n1)c1cccc(Cl)c1. The molecule has 1 N–H and O–H groups in total. The van der Waals surface area contributed by atoms with Crippen LogP contribution >= 0.6 is 11.6 Å². The van der Waals surface area contributed by atoms with Crippen LogP contribution in [0.3, 0.4) is 0 Å². The molecule has 0 aliphatic heterocycles. The zero-order chi connectivity index (χ0) is 13.9. The molecule has 0 radical (unpaired) electrons. The Morgan fingerprint density at radius 2 is 1.80 bits per heavy atom. The molecule has 0 spiro atoms. The van der Waals surface area contributed by atoms with Crippen LogP contribution in [-0.4, -0.2) is 15.2 Å². The minimum Gasteiger partial charge on any atom is -0.346 e. The van der Waals surface area contributed by atoms with Crippen LogP contribution in [0.2, 0.25) is 5.02 Å². The molecule has 0 saturated carbocycles. The van der Waals surface area contributed by atoms with Gasteiger partial charge in [0.25, 0.3) is 0 Å². The highest BCUT2D eigenvalue weighted by Crippen LogP contribution is 2.20. The van der Waals surface area contributed by atoms with Crippen molar-refractivity contribution in [3.8, 4) is 0 Å². The number of aromatic nitrogens is 3. The second kappa shape index (κ2) is 5.43. The summed E-state index contributed by atoms with van der Waals surface area (Å²) >= 11 is 6.00. The van der Waals surface area contributed by atoms with Crippen molar-refractivity contribution in [3.63, 3.8) is 0 Å². The number of nitrogens with zero attached hydrogens (tertiary/aromatic N) is 3. The van der Waals surface area contributed by atoms with Crippen LogP contribution in [0.15, 0.2) is 48.5 Å². The first kappa shape index (κ1) is 12.8. The highest BCUT2D eigenvalue weighted by molar-refractivity contribution is 6.30. The smallest absolute Gasteiger partial charge is 0.243 e. The fourth-order valence-electron chi connectivity index (χ4n) is 2.00. The minimum absolute atomic E-state index is 0.0525. The second-order valence-corrected chi connectivity index (χ2v) is 4.98. The lowest BCUT2D eigenvalue weighted by Crippen LogP contribution is -2.10. The number of fused-ring (bicyclic) bond motifs is 1. The molecule has 100 valence electrons. The zero-order valence-electron chi connectivity index (χ0n) is 10.9. The van der Waals surface area contributed by atoms with Crippen molar-refractivity contribution in [3.05, 3.63) is 59.1 Å². The summed E-state index contributed by atoms with van der Waals surface area (Å²) in [5.41, 5.74) is 2.69. The summed E-state index contributed by atoms with van der Waals surface area (Å²) in [4.78, 5) is 4.45. The van der Waals surface area contributed by atoms with E-state index in [2.05, 4.69) is 20.5 Å². The second-order valence-electron chi connectivity index (χ2n) is 4.55. The predicted octanol–water partition coefficient (Wildman–Crippen LogP) is 3.85. The van der Waals surface area contributed by atoms with Gasteiger partial charge < -0.3 is 5.32 Å². The molecule has 0 aliphatic carbocycles. The Bertz CT molecular complexity index is 745. The summed E-state index contributed by atoms with van der Waals surface area (Å²) in [6.45, 7) is 2.03. The van der Waals surface area contributed by atoms with Crippen LogP contribution in [0, 0.1) is 0 Å². The lowest BCUT2D eigenvalue weighted by Gasteiger charge is -2.14. The monoisotopic (exact) mass is 284 g/mol. The van der Waals surface area contributed by atoms with Gasteiger partial charge in [0.1, 0.15) is 5.52 Å². The number of hydrogen-bond acceptors (Lipinski definition) is 4. The van der Waals surface area contributed by atoms with Gasteiger partial charge in [-0.25, -0.2) is 4.98 Å². The molecular formula is C15H13ClN4. The lowest BCUT2D eigenvalue weighted by atomic mass is 10.1. The lowest BCUT2D eigenvalue weighted by molar-refractivity contribution is 0.849. The van der Waals surface area contributed by atoms with Gasteiger partial charge in [0, 0.05) is 5.02 Å². The molecule has 5 heteroatoms. The molecule has 3 aromatic rings. The third kappa shape index (κ3) is 2.70. The van der Waals surface area contributed by atoms with Gasteiger partial charge in [0.05, 0.1) is 11.6 Å². The summed E-state index contributed by atoms with van der Waals surface area (Å²) in [6.07, 6.45) is 0. The first-order chi connectivity index (χ1) is 9.72. The molecule has 0 amide bonds. The molecule has 1 unspecified atom stereocenters. The van der Waals surface area contributed by atoms with Crippen LogP contribution in [0.4, 0.5) is 5.95 Å². The summed E-state index contributed by atoms with van der Waals surface area (Å²) in [7, 11) is 0. The predicted molar refractivity (Wildman–Crippen MR) is 80.8 cm³/mol. The van der Waals surface area contributed by atoms with Crippen molar-refractivity contribution in [2.45, 2.75) is 13.0 Å². The van der Waals surface area contributed by atoms with E-state index in [0.29, 0.717) is 11.0 Å². The largest absolute Gasteiger partial charge is 0.346 e. The van der Waals surface area contributed by atoms with Crippen LogP contribution in [0.5, 0.6) is 0 Å². The van der Waals surface area contributed by atoms with E-state index in [4.69, 9.17) is 11.6 Å². The van der Waals surface area contributed by atoms with Crippen LogP contribution < -0.4 is 5.32 Å². The standard InChI is InChI=1S/C15H13ClN4/c1-10(11-5-4-6-12(16)9-11)17-15-18-13-7-2-3-8-14(13)19-20-15/h2-10H,1H3,(H,17,18,20). The average molecular weight is 285 g/mol. The van der Waals surface area contributed by atoms with E-state index in [1.807, 2.05) is 55.5 Å². The summed E-state index contributed by atoms with van der Waals surface area (Å²) in [5.74, 6) is 0.510. The van der Waals surface area contributed by atoms with Crippen molar-refractivity contribution in [1.29, 1.82) is 0 Å². The molecule has 0 aliphatic rings. The Morgan fingerprint density at radius 3 is 2.60 bits per heavy atom. The summed E-state index contributed by atoms with van der Waals surface area (Å²) < 4.78 is 0. The quantitative estimate of drug-likeness (QED) is 0.794. The maximum atomic E-state index is 6.00. The fraction of sp³-hybridized carbons (Fsp3) is 0.133. The van der Waals surface area contributed by atoms with Crippen LogP contribution in [0.25, 0.3) is 11.0 Å². The maximum absolute atomic E-state index is 6.00. The molecule has 1 heterocycles. The van der Waals surface area contributed by atoms with Crippen molar-refractivity contribution in [2.75, 3.05) is 5.32 Å². The molecule has 0 fully saturated rings. The van der Waals surface area contributed by atoms with Gasteiger partial charge in [0.2, 0.25) is 5.95 Å². The van der Waals surface area contributed by atoms with Gasteiger partial charge in [-0.3, -0.25) is 0 Å². The van der Waals surface area contributed by atoms with Gasteiger partial charge in [-0.15, -0.1) is 10.2 Å². The van der Waals surface area contributed by atoms with E-state index in [-0.39, 0.29) is 6.04 Å². The molecule has 0 bridgehead atoms. The summed E-state index contributed by atoms with van der Waals surface area (Å²) in [6, 6.07) is 15.4. The van der Waals surface area contributed by atoms with E-state index >= 15 is 0 Å². The number of para-hydroxylation sites is 1. The Morgan fingerprint density at radius 1 is 1.00 bits per heavy atom. The number of rotatable bonds is 3. The van der Waals surface area contributed by atoms with Crippen molar-refractivity contribution in [2.24, 2.45) is 0 Å². The Balaban J connectivity index is 1.85. The highest BCUT2D eigenvalue weighted by atomic mass is 35.5. The van der Waals surface area contributed by atoms with Gasteiger partial charge in [-0.05, 0) is 36.8 Å². The van der Waals surface area contributed by atoms with Gasteiger partial charge >= 0.3 is 0 Å². The first-order valence-corrected chi connectivity index (χ1v) is 6.71. The van der Waals surface area contributed by atoms with Gasteiger partial charge in [-0.1, -0.05) is 35.9 Å². The van der Waals surface area contributed by atoms with Gasteiger partial charge in [0.15, 0.2) is 0 Å². The molecule has 3 rings (SSSR count). The topological polar surface area (TPSA) is 50.7 Å². The van der Waals surface area contributed by atoms with Crippen LogP contribution in [0.1, 0.15) is 18.5 Å². The Kier molecular flexibility index (Phi) is 3.48. The minimum atomic E-state index is 0.0525. The number of benzene rings is 2. The Hall–Kier alpha value is -2.20. The number of hydrogen-bond donors (Lipinski definition) is 1. The molecule has 1 atom stereocenters. The zero-order valence-corrected chi connectivity index (χ0v) is 11.7. The summed E-state index contributed by atoms with van der Waals surface area (Å²) in [5, 5.41) is 12.2. The molecule has 0 saturated heterocycles. The molecule has 2 aromatic carbocycles. The first-order valence-electron chi connectivity index (χ1n) is 6.34. The van der Waals surface area contributed by atoms with E-state index in [0.717, 1.165) is 16.6 Å². The molecule has 1 aromatic heterocycles. The fourth-order valence-corrected chi connectivity index (χ4v) is 2.19.